The van der Waals surface area contributed by atoms with Gasteiger partial charge in [0.2, 0.25) is 0 Å². The Kier molecular flexibility index (Phi) is 4.04. The molecule has 2 unspecified atom stereocenters. The SMILES string of the molecule is CCOC(=O)C1=C2CCCC2C(OC(C)=O)CC1. The highest BCUT2D eigenvalue weighted by atomic mass is 16.5. The van der Waals surface area contributed by atoms with Gasteiger partial charge in [-0.25, -0.2) is 4.79 Å². The van der Waals surface area contributed by atoms with Crippen LogP contribution in [0.4, 0.5) is 0 Å². The molecule has 4 nitrogen and oxygen atoms in total. The number of ether oxygens (including phenoxy) is 2. The lowest BCUT2D eigenvalue weighted by Gasteiger charge is -2.30. The summed E-state index contributed by atoms with van der Waals surface area (Å²) in [6, 6.07) is 0. The van der Waals surface area contributed by atoms with Crippen LogP contribution >= 0.6 is 0 Å². The standard InChI is InChI=1S/C14H20O4/c1-3-17-14(16)12-7-8-13(18-9(2)15)11-6-4-5-10(11)12/h11,13H,3-8H2,1-2H3. The molecule has 0 heterocycles. The molecule has 2 atom stereocenters. The van der Waals surface area contributed by atoms with Gasteiger partial charge in [-0.3, -0.25) is 4.79 Å². The quantitative estimate of drug-likeness (QED) is 0.724. The van der Waals surface area contributed by atoms with Gasteiger partial charge in [0, 0.05) is 18.4 Å². The summed E-state index contributed by atoms with van der Waals surface area (Å²) in [4.78, 5) is 23.0. The van der Waals surface area contributed by atoms with Crippen LogP contribution in [0, 0.1) is 5.92 Å². The zero-order chi connectivity index (χ0) is 13.1. The third kappa shape index (κ3) is 2.57. The van der Waals surface area contributed by atoms with Crippen LogP contribution in [0.2, 0.25) is 0 Å². The van der Waals surface area contributed by atoms with Gasteiger partial charge in [0.25, 0.3) is 0 Å². The molecule has 0 aromatic heterocycles. The minimum atomic E-state index is -0.231. The predicted molar refractivity (Wildman–Crippen MR) is 65.8 cm³/mol. The summed E-state index contributed by atoms with van der Waals surface area (Å²) in [6.45, 7) is 3.67. The molecular weight excluding hydrogens is 232 g/mol. The fraction of sp³-hybridized carbons (Fsp3) is 0.714. The normalized spacial score (nSPS) is 26.8. The van der Waals surface area contributed by atoms with E-state index >= 15 is 0 Å². The van der Waals surface area contributed by atoms with Crippen LogP contribution in [0.5, 0.6) is 0 Å². The smallest absolute Gasteiger partial charge is 0.333 e. The second kappa shape index (κ2) is 5.55. The summed E-state index contributed by atoms with van der Waals surface area (Å²) in [7, 11) is 0. The van der Waals surface area contributed by atoms with Crippen molar-refractivity contribution in [3.05, 3.63) is 11.1 Å². The van der Waals surface area contributed by atoms with Gasteiger partial charge in [-0.2, -0.15) is 0 Å². The van der Waals surface area contributed by atoms with Gasteiger partial charge >= 0.3 is 11.9 Å². The summed E-state index contributed by atoms with van der Waals surface area (Å²) in [5, 5.41) is 0. The van der Waals surface area contributed by atoms with Gasteiger partial charge in [0.15, 0.2) is 0 Å². The molecular formula is C14H20O4. The zero-order valence-electron chi connectivity index (χ0n) is 11.0. The molecule has 1 saturated carbocycles. The van der Waals surface area contributed by atoms with Crippen LogP contribution in [-0.4, -0.2) is 24.6 Å². The topological polar surface area (TPSA) is 52.6 Å². The Morgan fingerprint density at radius 1 is 1.28 bits per heavy atom. The number of carbonyl (C=O) groups is 2. The molecule has 100 valence electrons. The van der Waals surface area contributed by atoms with Gasteiger partial charge < -0.3 is 9.47 Å². The van der Waals surface area contributed by atoms with Crippen molar-refractivity contribution in [1.29, 1.82) is 0 Å². The Bertz CT molecular complexity index is 383. The van der Waals surface area contributed by atoms with Crippen LogP contribution in [0.1, 0.15) is 46.0 Å². The number of esters is 2. The maximum Gasteiger partial charge on any atom is 0.333 e. The molecule has 18 heavy (non-hydrogen) atoms. The minimum Gasteiger partial charge on any atom is -0.463 e. The fourth-order valence-electron chi connectivity index (χ4n) is 3.11. The Morgan fingerprint density at radius 3 is 2.72 bits per heavy atom. The van der Waals surface area contributed by atoms with E-state index in [1.807, 2.05) is 6.92 Å². The van der Waals surface area contributed by atoms with E-state index in [9.17, 15) is 9.59 Å². The van der Waals surface area contributed by atoms with E-state index in [1.54, 1.807) is 0 Å². The van der Waals surface area contributed by atoms with E-state index in [4.69, 9.17) is 9.47 Å². The van der Waals surface area contributed by atoms with Gasteiger partial charge in [-0.15, -0.1) is 0 Å². The molecule has 0 spiro atoms. The first-order chi connectivity index (χ1) is 8.63. The van der Waals surface area contributed by atoms with Crippen LogP contribution in [0.3, 0.4) is 0 Å². The van der Waals surface area contributed by atoms with Gasteiger partial charge in [0.1, 0.15) is 6.10 Å². The summed E-state index contributed by atoms with van der Waals surface area (Å²) in [5.74, 6) is -0.173. The molecule has 0 aliphatic heterocycles. The number of hydrogen-bond donors (Lipinski definition) is 0. The van der Waals surface area contributed by atoms with Gasteiger partial charge in [-0.05, 0) is 39.0 Å². The van der Waals surface area contributed by atoms with Crippen molar-refractivity contribution in [2.75, 3.05) is 6.61 Å². The monoisotopic (exact) mass is 252 g/mol. The summed E-state index contributed by atoms with van der Waals surface area (Å²) < 4.78 is 10.5. The molecule has 0 aromatic carbocycles. The number of fused-ring (bicyclic) bond motifs is 1. The van der Waals surface area contributed by atoms with E-state index in [1.165, 1.54) is 12.5 Å². The fourth-order valence-corrected chi connectivity index (χ4v) is 3.11. The number of rotatable bonds is 3. The van der Waals surface area contributed by atoms with Crippen molar-refractivity contribution in [1.82, 2.24) is 0 Å². The molecule has 0 aromatic rings. The summed E-state index contributed by atoms with van der Waals surface area (Å²) >= 11 is 0. The molecule has 0 radical (unpaired) electrons. The lowest BCUT2D eigenvalue weighted by atomic mass is 9.82. The average Bonchev–Trinajstić information content (AvgIpc) is 2.78. The maximum absolute atomic E-state index is 11.9. The van der Waals surface area contributed by atoms with Crippen molar-refractivity contribution >= 4 is 11.9 Å². The molecule has 2 aliphatic rings. The predicted octanol–water partition coefficient (Wildman–Crippen LogP) is 2.37. The Labute approximate surface area is 107 Å². The van der Waals surface area contributed by atoms with Crippen molar-refractivity contribution in [2.24, 2.45) is 5.92 Å². The zero-order valence-corrected chi connectivity index (χ0v) is 11.0. The second-order valence-electron chi connectivity index (χ2n) is 4.91. The van der Waals surface area contributed by atoms with Crippen molar-refractivity contribution < 1.29 is 19.1 Å². The molecule has 2 aliphatic carbocycles. The molecule has 1 fully saturated rings. The Morgan fingerprint density at radius 2 is 2.06 bits per heavy atom. The third-order valence-electron chi connectivity index (χ3n) is 3.76. The van der Waals surface area contributed by atoms with Crippen molar-refractivity contribution in [2.45, 2.75) is 52.1 Å². The molecule has 0 amide bonds. The first kappa shape index (κ1) is 13.1. The highest BCUT2D eigenvalue weighted by Crippen LogP contribution is 2.43. The van der Waals surface area contributed by atoms with Crippen molar-refractivity contribution in [3.8, 4) is 0 Å². The molecule has 0 saturated heterocycles. The molecule has 0 N–H and O–H groups in total. The highest BCUT2D eigenvalue weighted by Gasteiger charge is 2.38. The second-order valence-corrected chi connectivity index (χ2v) is 4.91. The lowest BCUT2D eigenvalue weighted by Crippen LogP contribution is -2.31. The Hall–Kier alpha value is -1.32. The highest BCUT2D eigenvalue weighted by molar-refractivity contribution is 5.89. The number of carbonyl (C=O) groups excluding carboxylic acids is 2. The summed E-state index contributed by atoms with van der Waals surface area (Å²) in [6.07, 6.45) is 4.39. The van der Waals surface area contributed by atoms with E-state index in [2.05, 4.69) is 0 Å². The van der Waals surface area contributed by atoms with Crippen LogP contribution < -0.4 is 0 Å². The molecule has 2 rings (SSSR count). The largest absolute Gasteiger partial charge is 0.463 e. The van der Waals surface area contributed by atoms with E-state index < -0.39 is 0 Å². The minimum absolute atomic E-state index is 0.0434. The van der Waals surface area contributed by atoms with E-state index in [-0.39, 0.29) is 24.0 Å². The van der Waals surface area contributed by atoms with Crippen LogP contribution in [0.15, 0.2) is 11.1 Å². The third-order valence-corrected chi connectivity index (χ3v) is 3.76. The average molecular weight is 252 g/mol. The number of hydrogen-bond acceptors (Lipinski definition) is 4. The maximum atomic E-state index is 11.9. The van der Waals surface area contributed by atoms with Crippen LogP contribution in [-0.2, 0) is 19.1 Å². The van der Waals surface area contributed by atoms with E-state index in [0.29, 0.717) is 13.0 Å². The van der Waals surface area contributed by atoms with Crippen LogP contribution in [0.25, 0.3) is 0 Å². The van der Waals surface area contributed by atoms with E-state index in [0.717, 1.165) is 31.3 Å². The lowest BCUT2D eigenvalue weighted by molar-refractivity contribution is -0.149. The van der Waals surface area contributed by atoms with Gasteiger partial charge in [-0.1, -0.05) is 5.57 Å². The Balaban J connectivity index is 2.17. The first-order valence-electron chi connectivity index (χ1n) is 6.69. The molecule has 0 bridgehead atoms. The molecule has 4 heteroatoms. The van der Waals surface area contributed by atoms with Gasteiger partial charge in [0.05, 0.1) is 6.61 Å². The first-order valence-corrected chi connectivity index (χ1v) is 6.69. The summed E-state index contributed by atoms with van der Waals surface area (Å²) in [5.41, 5.74) is 2.01. The van der Waals surface area contributed by atoms with Crippen molar-refractivity contribution in [3.63, 3.8) is 0 Å².